The van der Waals surface area contributed by atoms with Gasteiger partial charge in [-0.3, -0.25) is 4.79 Å². The van der Waals surface area contributed by atoms with Gasteiger partial charge in [-0.05, 0) is 50.2 Å². The minimum atomic E-state index is -4.45. The number of nitrogens with one attached hydrogen (secondary N) is 1. The average Bonchev–Trinajstić information content (AvgIpc) is 2.53. The Bertz CT molecular complexity index is 781. The van der Waals surface area contributed by atoms with Gasteiger partial charge < -0.3 is 5.11 Å². The second-order valence-electron chi connectivity index (χ2n) is 5.23. The summed E-state index contributed by atoms with van der Waals surface area (Å²) in [6, 6.07) is 8.77. The smallest absolute Gasteiger partial charge is 0.416 e. The number of amides is 1. The molecule has 0 aliphatic heterocycles. The van der Waals surface area contributed by atoms with Crippen molar-refractivity contribution < 1.29 is 23.1 Å². The van der Waals surface area contributed by atoms with E-state index >= 15 is 0 Å². The van der Waals surface area contributed by atoms with Crippen LogP contribution in [0.3, 0.4) is 0 Å². The van der Waals surface area contributed by atoms with Gasteiger partial charge in [0.05, 0.1) is 11.3 Å². The van der Waals surface area contributed by atoms with Crippen LogP contribution in [0.25, 0.3) is 0 Å². The summed E-state index contributed by atoms with van der Waals surface area (Å²) >= 11 is 0. The van der Waals surface area contributed by atoms with Gasteiger partial charge in [0.25, 0.3) is 5.91 Å². The normalized spacial score (nSPS) is 12.1. The molecule has 2 aromatic carbocycles. The van der Waals surface area contributed by atoms with E-state index < -0.39 is 17.6 Å². The van der Waals surface area contributed by atoms with Crippen molar-refractivity contribution in [2.45, 2.75) is 20.0 Å². The Labute approximate surface area is 136 Å². The molecule has 0 unspecified atom stereocenters. The first-order valence-electron chi connectivity index (χ1n) is 7.00. The number of benzene rings is 2. The van der Waals surface area contributed by atoms with Crippen LogP contribution in [0.15, 0.2) is 47.6 Å². The zero-order valence-electron chi connectivity index (χ0n) is 13.0. The molecule has 0 spiro atoms. The fourth-order valence-corrected chi connectivity index (χ4v) is 2.01. The third-order valence-corrected chi connectivity index (χ3v) is 3.34. The Balaban J connectivity index is 2.13. The van der Waals surface area contributed by atoms with Crippen LogP contribution >= 0.6 is 0 Å². The highest BCUT2D eigenvalue weighted by molar-refractivity contribution is 6.02. The minimum Gasteiger partial charge on any atom is -0.507 e. The zero-order chi connectivity index (χ0) is 17.9. The maximum atomic E-state index is 12.5. The summed E-state index contributed by atoms with van der Waals surface area (Å²) in [4.78, 5) is 11.9. The Morgan fingerprint density at radius 1 is 1.12 bits per heavy atom. The minimum absolute atomic E-state index is 0.0191. The van der Waals surface area contributed by atoms with Gasteiger partial charge in [0.15, 0.2) is 0 Å². The molecule has 0 heterocycles. The maximum Gasteiger partial charge on any atom is 0.416 e. The number of phenolic OH excluding ortho intramolecular Hbond substituents is 1. The van der Waals surface area contributed by atoms with Crippen LogP contribution in [0.4, 0.5) is 13.2 Å². The molecule has 0 aliphatic rings. The van der Waals surface area contributed by atoms with E-state index in [9.17, 15) is 23.1 Å². The van der Waals surface area contributed by atoms with Gasteiger partial charge in [-0.15, -0.1) is 0 Å². The lowest BCUT2D eigenvalue weighted by Gasteiger charge is -2.08. The molecular weight excluding hydrogens is 321 g/mol. The predicted octanol–water partition coefficient (Wildman–Crippen LogP) is 3.87. The monoisotopic (exact) mass is 336 g/mol. The van der Waals surface area contributed by atoms with Crippen molar-refractivity contribution >= 4 is 11.6 Å². The van der Waals surface area contributed by atoms with Gasteiger partial charge in [0, 0.05) is 11.1 Å². The highest BCUT2D eigenvalue weighted by Gasteiger charge is 2.30. The van der Waals surface area contributed by atoms with Crippen molar-refractivity contribution in [3.63, 3.8) is 0 Å². The fraction of sp³-hybridized carbons (Fsp3) is 0.176. The van der Waals surface area contributed by atoms with Crippen LogP contribution in [-0.4, -0.2) is 16.7 Å². The number of nitrogens with zero attached hydrogens (tertiary/aromatic N) is 1. The molecular formula is C17H15F3N2O2. The lowest BCUT2D eigenvalue weighted by atomic mass is 10.1. The van der Waals surface area contributed by atoms with Gasteiger partial charge in [0.1, 0.15) is 5.75 Å². The van der Waals surface area contributed by atoms with E-state index in [4.69, 9.17) is 0 Å². The number of phenols is 1. The van der Waals surface area contributed by atoms with Crippen molar-refractivity contribution in [3.8, 4) is 5.75 Å². The molecule has 0 aromatic heterocycles. The van der Waals surface area contributed by atoms with Crippen LogP contribution in [0.2, 0.25) is 0 Å². The number of carbonyl (C=O) groups excluding carboxylic acids is 1. The Morgan fingerprint density at radius 2 is 1.75 bits per heavy atom. The topological polar surface area (TPSA) is 61.7 Å². The summed E-state index contributed by atoms with van der Waals surface area (Å²) in [5, 5.41) is 13.7. The molecule has 0 bridgehead atoms. The number of rotatable bonds is 3. The summed E-state index contributed by atoms with van der Waals surface area (Å²) < 4.78 is 37.5. The second-order valence-corrected chi connectivity index (χ2v) is 5.23. The van der Waals surface area contributed by atoms with E-state index in [1.165, 1.54) is 6.07 Å². The molecule has 0 fully saturated rings. The average molecular weight is 336 g/mol. The van der Waals surface area contributed by atoms with Crippen molar-refractivity contribution in [2.75, 3.05) is 0 Å². The molecule has 1 amide bonds. The van der Waals surface area contributed by atoms with E-state index in [-0.39, 0.29) is 11.3 Å². The van der Waals surface area contributed by atoms with Crippen molar-refractivity contribution in [1.29, 1.82) is 0 Å². The quantitative estimate of drug-likeness (QED) is 0.660. The Kier molecular flexibility index (Phi) is 4.92. The van der Waals surface area contributed by atoms with E-state index in [2.05, 4.69) is 10.5 Å². The third kappa shape index (κ3) is 4.13. The van der Waals surface area contributed by atoms with Crippen LogP contribution < -0.4 is 5.43 Å². The molecule has 0 atom stereocenters. The Morgan fingerprint density at radius 3 is 2.33 bits per heavy atom. The predicted molar refractivity (Wildman–Crippen MR) is 84.0 cm³/mol. The standard InChI is InChI=1S/C17H15F3N2O2/c1-10-3-8-15(23)14(9-10)11(2)21-22-16(24)12-4-6-13(7-5-12)17(18,19)20/h3-9,23H,1-2H3,(H,22,24)/b21-11+. The van der Waals surface area contributed by atoms with Crippen LogP contribution in [0.5, 0.6) is 5.75 Å². The summed E-state index contributed by atoms with van der Waals surface area (Å²) in [6.45, 7) is 3.44. The van der Waals surface area contributed by atoms with Crippen molar-refractivity contribution in [1.82, 2.24) is 5.43 Å². The molecule has 0 saturated carbocycles. The van der Waals surface area contributed by atoms with Crippen LogP contribution in [-0.2, 0) is 6.18 Å². The third-order valence-electron chi connectivity index (χ3n) is 3.34. The lowest BCUT2D eigenvalue weighted by molar-refractivity contribution is -0.137. The number of alkyl halides is 3. The summed E-state index contributed by atoms with van der Waals surface area (Å²) in [5.41, 5.74) is 3.22. The van der Waals surface area contributed by atoms with Crippen molar-refractivity contribution in [3.05, 3.63) is 64.7 Å². The fourth-order valence-electron chi connectivity index (χ4n) is 2.01. The molecule has 0 saturated heterocycles. The van der Waals surface area contributed by atoms with Gasteiger partial charge in [0.2, 0.25) is 0 Å². The SMILES string of the molecule is C/C(=N\NC(=O)c1ccc(C(F)(F)F)cc1)c1cc(C)ccc1O. The number of halogens is 3. The van der Waals surface area contributed by atoms with Gasteiger partial charge >= 0.3 is 6.18 Å². The molecule has 24 heavy (non-hydrogen) atoms. The second kappa shape index (κ2) is 6.74. The van der Waals surface area contributed by atoms with Gasteiger partial charge in [-0.2, -0.15) is 18.3 Å². The number of carbonyl (C=O) groups is 1. The molecule has 7 heteroatoms. The summed E-state index contributed by atoms with van der Waals surface area (Å²) in [6.07, 6.45) is -4.45. The number of hydrogen-bond donors (Lipinski definition) is 2. The summed E-state index contributed by atoms with van der Waals surface area (Å²) in [5.74, 6) is -0.624. The molecule has 2 aromatic rings. The highest BCUT2D eigenvalue weighted by Crippen LogP contribution is 2.29. The zero-order valence-corrected chi connectivity index (χ0v) is 13.0. The first kappa shape index (κ1) is 17.5. The highest BCUT2D eigenvalue weighted by atomic mass is 19.4. The maximum absolute atomic E-state index is 12.5. The Hall–Kier alpha value is -2.83. The van der Waals surface area contributed by atoms with Gasteiger partial charge in [-0.25, -0.2) is 5.43 Å². The number of hydrogen-bond acceptors (Lipinski definition) is 3. The van der Waals surface area contributed by atoms with E-state index in [1.807, 2.05) is 6.92 Å². The van der Waals surface area contributed by atoms with E-state index in [1.54, 1.807) is 19.1 Å². The largest absolute Gasteiger partial charge is 0.507 e. The van der Waals surface area contributed by atoms with E-state index in [0.29, 0.717) is 11.3 Å². The molecule has 2 rings (SSSR count). The van der Waals surface area contributed by atoms with Gasteiger partial charge in [-0.1, -0.05) is 11.6 Å². The van der Waals surface area contributed by atoms with Crippen LogP contribution in [0, 0.1) is 6.92 Å². The molecule has 0 radical (unpaired) electrons. The molecule has 2 N–H and O–H groups in total. The van der Waals surface area contributed by atoms with Crippen LogP contribution in [0.1, 0.15) is 34.0 Å². The number of aromatic hydroxyl groups is 1. The van der Waals surface area contributed by atoms with Crippen molar-refractivity contribution in [2.24, 2.45) is 5.10 Å². The number of hydrazone groups is 1. The number of aryl methyl sites for hydroxylation is 1. The first-order valence-corrected chi connectivity index (χ1v) is 7.00. The molecule has 126 valence electrons. The molecule has 0 aliphatic carbocycles. The molecule has 4 nitrogen and oxygen atoms in total. The first-order chi connectivity index (χ1) is 11.2. The lowest BCUT2D eigenvalue weighted by Crippen LogP contribution is -2.19. The van der Waals surface area contributed by atoms with E-state index in [0.717, 1.165) is 29.8 Å². The summed E-state index contributed by atoms with van der Waals surface area (Å²) in [7, 11) is 0.